The highest BCUT2D eigenvalue weighted by Crippen LogP contribution is 2.44. The predicted octanol–water partition coefficient (Wildman–Crippen LogP) is 4.41. The summed E-state index contributed by atoms with van der Waals surface area (Å²) < 4.78 is 5.59. The Labute approximate surface area is 200 Å². The molecule has 182 valence electrons. The van der Waals surface area contributed by atoms with Gasteiger partial charge in [-0.05, 0) is 40.5 Å². The van der Waals surface area contributed by atoms with Crippen LogP contribution in [-0.2, 0) is 14.3 Å². The van der Waals surface area contributed by atoms with Gasteiger partial charge >= 0.3 is 12.1 Å². The molecule has 0 saturated heterocycles. The molecule has 2 unspecified atom stereocenters. The molecule has 7 nitrogen and oxygen atoms in total. The molecule has 3 N–H and O–H groups in total. The second-order valence-electron chi connectivity index (χ2n) is 9.45. The van der Waals surface area contributed by atoms with Gasteiger partial charge in [0.05, 0.1) is 5.92 Å². The van der Waals surface area contributed by atoms with Crippen LogP contribution in [0.5, 0.6) is 0 Å². The van der Waals surface area contributed by atoms with Gasteiger partial charge in [-0.1, -0.05) is 69.3 Å². The molecule has 0 aliphatic heterocycles. The molecule has 0 fully saturated rings. The first-order chi connectivity index (χ1) is 16.3. The molecular weight excluding hydrogens is 432 g/mol. The summed E-state index contributed by atoms with van der Waals surface area (Å²) >= 11 is 0. The van der Waals surface area contributed by atoms with Crippen molar-refractivity contribution in [2.24, 2.45) is 17.8 Å². The number of hydrogen-bond donors (Lipinski definition) is 3. The first-order valence-electron chi connectivity index (χ1n) is 11.8. The van der Waals surface area contributed by atoms with E-state index >= 15 is 0 Å². The number of carboxylic acid groups (broad SMARTS) is 1. The van der Waals surface area contributed by atoms with E-state index in [-0.39, 0.29) is 37.3 Å². The molecule has 2 atom stereocenters. The topological polar surface area (TPSA) is 105 Å². The third-order valence-corrected chi connectivity index (χ3v) is 6.18. The summed E-state index contributed by atoms with van der Waals surface area (Å²) in [6, 6.07) is 16.3. The molecule has 0 aromatic heterocycles. The SMILES string of the molecule is CC(C)CC(CNC(=O)OCC1c2ccccc2-c2ccccc21)CC(=O)NCC(C)C(=O)O. The fourth-order valence-corrected chi connectivity index (χ4v) is 4.47. The van der Waals surface area contributed by atoms with Crippen molar-refractivity contribution in [3.05, 3.63) is 59.7 Å². The molecule has 1 aliphatic carbocycles. The van der Waals surface area contributed by atoms with Crippen molar-refractivity contribution in [2.45, 2.75) is 39.5 Å². The van der Waals surface area contributed by atoms with Crippen LogP contribution in [0.25, 0.3) is 11.1 Å². The predicted molar refractivity (Wildman–Crippen MR) is 130 cm³/mol. The minimum atomic E-state index is -0.948. The average molecular weight is 467 g/mol. The van der Waals surface area contributed by atoms with Gasteiger partial charge in [0.1, 0.15) is 6.61 Å². The zero-order valence-corrected chi connectivity index (χ0v) is 20.0. The molecule has 2 aromatic carbocycles. The van der Waals surface area contributed by atoms with E-state index in [4.69, 9.17) is 9.84 Å². The highest BCUT2D eigenvalue weighted by Gasteiger charge is 2.29. The molecule has 7 heteroatoms. The Morgan fingerprint density at radius 3 is 2.06 bits per heavy atom. The second kappa shape index (κ2) is 11.7. The van der Waals surface area contributed by atoms with Crippen LogP contribution in [-0.4, -0.2) is 42.8 Å². The van der Waals surface area contributed by atoms with Crippen molar-refractivity contribution in [1.29, 1.82) is 0 Å². The molecule has 0 heterocycles. The van der Waals surface area contributed by atoms with Gasteiger partial charge < -0.3 is 20.5 Å². The number of carboxylic acids is 1. The average Bonchev–Trinajstić information content (AvgIpc) is 3.13. The van der Waals surface area contributed by atoms with Gasteiger partial charge in [-0.3, -0.25) is 9.59 Å². The van der Waals surface area contributed by atoms with Gasteiger partial charge in [0.2, 0.25) is 5.91 Å². The lowest BCUT2D eigenvalue weighted by atomic mass is 9.93. The monoisotopic (exact) mass is 466 g/mol. The minimum absolute atomic E-state index is 0.00777. The van der Waals surface area contributed by atoms with Crippen LogP contribution in [0.1, 0.15) is 50.7 Å². The van der Waals surface area contributed by atoms with Crippen molar-refractivity contribution in [3.8, 4) is 11.1 Å². The normalized spacial score (nSPS) is 14.1. The summed E-state index contributed by atoms with van der Waals surface area (Å²) in [5.41, 5.74) is 4.66. The molecule has 3 rings (SSSR count). The van der Waals surface area contributed by atoms with Crippen LogP contribution >= 0.6 is 0 Å². The van der Waals surface area contributed by atoms with Crippen molar-refractivity contribution in [3.63, 3.8) is 0 Å². The number of ether oxygens (including phenoxy) is 1. The number of amides is 2. The zero-order valence-electron chi connectivity index (χ0n) is 20.0. The summed E-state index contributed by atoms with van der Waals surface area (Å²) in [6.45, 7) is 6.31. The first kappa shape index (κ1) is 25.3. The summed E-state index contributed by atoms with van der Waals surface area (Å²) in [7, 11) is 0. The number of rotatable bonds is 11. The molecule has 1 aliphatic rings. The Hall–Kier alpha value is -3.35. The number of carbonyl (C=O) groups is 3. The van der Waals surface area contributed by atoms with Gasteiger partial charge in [-0.25, -0.2) is 4.79 Å². The lowest BCUT2D eigenvalue weighted by Gasteiger charge is -2.20. The standard InChI is InChI=1S/C27H34N2O5/c1-17(2)12-19(13-25(30)28-14-18(3)26(31)32)15-29-27(33)34-16-24-22-10-6-4-8-20(22)21-9-5-7-11-23(21)24/h4-11,17-19,24H,12-16H2,1-3H3,(H,28,30)(H,29,33)(H,31,32). The second-order valence-corrected chi connectivity index (χ2v) is 9.45. The summed E-state index contributed by atoms with van der Waals surface area (Å²) in [4.78, 5) is 35.7. The number of aliphatic carboxylic acids is 1. The Morgan fingerprint density at radius 2 is 1.50 bits per heavy atom. The van der Waals surface area contributed by atoms with E-state index in [2.05, 4.69) is 48.7 Å². The first-order valence-corrected chi connectivity index (χ1v) is 11.8. The zero-order chi connectivity index (χ0) is 24.7. The maximum absolute atomic E-state index is 12.5. The van der Waals surface area contributed by atoms with Crippen LogP contribution in [0.4, 0.5) is 4.79 Å². The fourth-order valence-electron chi connectivity index (χ4n) is 4.47. The van der Waals surface area contributed by atoms with Crippen LogP contribution < -0.4 is 10.6 Å². The highest BCUT2D eigenvalue weighted by atomic mass is 16.5. The smallest absolute Gasteiger partial charge is 0.407 e. The van der Waals surface area contributed by atoms with Crippen LogP contribution in [0.3, 0.4) is 0 Å². The summed E-state index contributed by atoms with van der Waals surface area (Å²) in [5.74, 6) is -1.54. The number of fused-ring (bicyclic) bond motifs is 3. The van der Waals surface area contributed by atoms with Crippen LogP contribution in [0.2, 0.25) is 0 Å². The number of hydrogen-bond acceptors (Lipinski definition) is 4. The van der Waals surface area contributed by atoms with E-state index in [9.17, 15) is 14.4 Å². The van der Waals surface area contributed by atoms with Gasteiger partial charge in [0.15, 0.2) is 0 Å². The molecular formula is C27H34N2O5. The molecule has 0 spiro atoms. The van der Waals surface area contributed by atoms with Crippen LogP contribution in [0, 0.1) is 17.8 Å². The Bertz CT molecular complexity index is 974. The Kier molecular flexibility index (Phi) is 8.68. The number of benzene rings is 2. The van der Waals surface area contributed by atoms with Gasteiger partial charge in [-0.2, -0.15) is 0 Å². The van der Waals surface area contributed by atoms with Gasteiger partial charge in [-0.15, -0.1) is 0 Å². The molecule has 0 radical (unpaired) electrons. The van der Waals surface area contributed by atoms with Crippen molar-refractivity contribution in [2.75, 3.05) is 19.7 Å². The molecule has 2 aromatic rings. The lowest BCUT2D eigenvalue weighted by Crippen LogP contribution is -2.36. The summed E-state index contributed by atoms with van der Waals surface area (Å²) in [6.07, 6.45) is 0.468. The van der Waals surface area contributed by atoms with E-state index in [1.165, 1.54) is 11.1 Å². The molecule has 0 saturated carbocycles. The quantitative estimate of drug-likeness (QED) is 0.455. The molecule has 0 bridgehead atoms. The molecule has 34 heavy (non-hydrogen) atoms. The van der Waals surface area contributed by atoms with E-state index in [1.807, 2.05) is 24.3 Å². The van der Waals surface area contributed by atoms with Gasteiger partial charge in [0.25, 0.3) is 0 Å². The Balaban J connectivity index is 1.52. The third-order valence-electron chi connectivity index (χ3n) is 6.18. The maximum atomic E-state index is 12.5. The van der Waals surface area contributed by atoms with Crippen molar-refractivity contribution >= 4 is 18.0 Å². The van der Waals surface area contributed by atoms with Gasteiger partial charge in [0, 0.05) is 25.4 Å². The molecule has 2 amide bonds. The fraction of sp³-hybridized carbons (Fsp3) is 0.444. The number of alkyl carbamates (subject to hydrolysis) is 1. The summed E-state index contributed by atoms with van der Waals surface area (Å²) in [5, 5.41) is 14.5. The van der Waals surface area contributed by atoms with E-state index in [0.29, 0.717) is 12.5 Å². The van der Waals surface area contributed by atoms with E-state index in [0.717, 1.165) is 17.5 Å². The van der Waals surface area contributed by atoms with E-state index in [1.54, 1.807) is 6.92 Å². The minimum Gasteiger partial charge on any atom is -0.481 e. The lowest BCUT2D eigenvalue weighted by molar-refractivity contribution is -0.141. The highest BCUT2D eigenvalue weighted by molar-refractivity contribution is 5.79. The van der Waals surface area contributed by atoms with Crippen LogP contribution in [0.15, 0.2) is 48.5 Å². The third kappa shape index (κ3) is 6.59. The number of carbonyl (C=O) groups excluding carboxylic acids is 2. The van der Waals surface area contributed by atoms with Crippen molar-refractivity contribution in [1.82, 2.24) is 10.6 Å². The number of nitrogens with one attached hydrogen (secondary N) is 2. The Morgan fingerprint density at radius 1 is 0.912 bits per heavy atom. The largest absolute Gasteiger partial charge is 0.481 e. The van der Waals surface area contributed by atoms with Crippen molar-refractivity contribution < 1.29 is 24.2 Å². The maximum Gasteiger partial charge on any atom is 0.407 e. The van der Waals surface area contributed by atoms with E-state index < -0.39 is 18.0 Å².